The fourth-order valence-corrected chi connectivity index (χ4v) is 3.08. The van der Waals surface area contributed by atoms with E-state index in [0.29, 0.717) is 11.4 Å². The minimum Gasteiger partial charge on any atom is -0.466 e. The number of hydrogen-bond donors (Lipinski definition) is 1. The number of nitrogens with one attached hydrogen (secondary N) is 1. The number of esters is 2. The molecule has 1 aromatic carbocycles. The van der Waals surface area contributed by atoms with Gasteiger partial charge in [-0.25, -0.2) is 9.59 Å². The predicted molar refractivity (Wildman–Crippen MR) is 81.7 cm³/mol. The van der Waals surface area contributed by atoms with Crippen molar-refractivity contribution < 1.29 is 32.6 Å². The van der Waals surface area contributed by atoms with E-state index in [1.54, 1.807) is 13.0 Å². The molecule has 0 saturated heterocycles. The van der Waals surface area contributed by atoms with Gasteiger partial charge in [0.25, 0.3) is 0 Å². The van der Waals surface area contributed by atoms with Crippen LogP contribution in [0.5, 0.6) is 5.75 Å². The van der Waals surface area contributed by atoms with Crippen LogP contribution in [0.4, 0.5) is 8.78 Å². The third-order valence-corrected chi connectivity index (χ3v) is 4.06. The van der Waals surface area contributed by atoms with Crippen molar-refractivity contribution in [1.82, 2.24) is 5.32 Å². The maximum absolute atomic E-state index is 12.8. The first kappa shape index (κ1) is 16.9. The molecule has 2 aliphatic rings. The third-order valence-electron chi connectivity index (χ3n) is 4.06. The lowest BCUT2D eigenvalue weighted by Gasteiger charge is -2.28. The van der Waals surface area contributed by atoms with Crippen LogP contribution in [0.25, 0.3) is 0 Å². The third kappa shape index (κ3) is 2.95. The van der Waals surface area contributed by atoms with Gasteiger partial charge in [0.1, 0.15) is 12.4 Å². The molecule has 0 amide bonds. The molecule has 8 heteroatoms. The molecule has 0 bridgehead atoms. The molecule has 2 heterocycles. The second-order valence-electron chi connectivity index (χ2n) is 5.47. The van der Waals surface area contributed by atoms with Gasteiger partial charge < -0.3 is 19.5 Å². The van der Waals surface area contributed by atoms with E-state index in [1.165, 1.54) is 25.3 Å². The quantitative estimate of drug-likeness (QED) is 0.839. The molecular weight excluding hydrogens is 336 g/mol. The lowest BCUT2D eigenvalue weighted by Crippen LogP contribution is -2.30. The van der Waals surface area contributed by atoms with Crippen LogP contribution in [0.2, 0.25) is 0 Å². The summed E-state index contributed by atoms with van der Waals surface area (Å²) in [5.41, 5.74) is 1.55. The second kappa shape index (κ2) is 6.54. The van der Waals surface area contributed by atoms with Gasteiger partial charge in [-0.05, 0) is 13.0 Å². The molecule has 1 N–H and O–H groups in total. The Labute approximate surface area is 142 Å². The number of dihydropyridines is 1. The van der Waals surface area contributed by atoms with Crippen molar-refractivity contribution in [3.8, 4) is 5.75 Å². The molecule has 0 spiro atoms. The minimum atomic E-state index is -3.04. The maximum Gasteiger partial charge on any atom is 0.387 e. The average molecular weight is 351 g/mol. The fraction of sp³-hybridized carbons (Fsp3) is 0.294. The number of alkyl halides is 2. The predicted octanol–water partition coefficient (Wildman–Crippen LogP) is 2.23. The van der Waals surface area contributed by atoms with Crippen LogP contribution >= 0.6 is 0 Å². The number of benzene rings is 1. The van der Waals surface area contributed by atoms with Crippen LogP contribution in [0.15, 0.2) is 46.8 Å². The highest BCUT2D eigenvalue weighted by atomic mass is 19.3. The molecule has 1 unspecified atom stereocenters. The van der Waals surface area contributed by atoms with Crippen LogP contribution < -0.4 is 10.1 Å². The van der Waals surface area contributed by atoms with Crippen molar-refractivity contribution in [2.24, 2.45) is 0 Å². The maximum atomic E-state index is 12.8. The Balaban J connectivity index is 2.19. The summed E-state index contributed by atoms with van der Waals surface area (Å²) in [6, 6.07) is 6.02. The SMILES string of the molecule is COC(=O)C1=C(C)NC2=C(C(=O)OC2)C1c1ccccc1OC(F)F. The van der Waals surface area contributed by atoms with E-state index < -0.39 is 24.5 Å². The number of hydrogen-bond acceptors (Lipinski definition) is 6. The normalized spacial score (nSPS) is 19.6. The lowest BCUT2D eigenvalue weighted by molar-refractivity contribution is -0.136. The highest BCUT2D eigenvalue weighted by molar-refractivity contribution is 6.01. The smallest absolute Gasteiger partial charge is 0.387 e. The Kier molecular flexibility index (Phi) is 4.43. The van der Waals surface area contributed by atoms with E-state index >= 15 is 0 Å². The Hall–Kier alpha value is -2.90. The largest absolute Gasteiger partial charge is 0.466 e. The Bertz CT molecular complexity index is 800. The van der Waals surface area contributed by atoms with E-state index in [0.717, 1.165) is 0 Å². The molecule has 25 heavy (non-hydrogen) atoms. The summed E-state index contributed by atoms with van der Waals surface area (Å²) in [5.74, 6) is -2.33. The van der Waals surface area contributed by atoms with E-state index in [1.807, 2.05) is 0 Å². The zero-order chi connectivity index (χ0) is 18.1. The number of para-hydroxylation sites is 1. The molecule has 0 radical (unpaired) electrons. The van der Waals surface area contributed by atoms with Crippen molar-refractivity contribution in [3.05, 3.63) is 52.4 Å². The summed E-state index contributed by atoms with van der Waals surface area (Å²) >= 11 is 0. The molecule has 132 valence electrons. The first-order chi connectivity index (χ1) is 11.9. The van der Waals surface area contributed by atoms with E-state index in [9.17, 15) is 18.4 Å². The van der Waals surface area contributed by atoms with Crippen LogP contribution in [0, 0.1) is 0 Å². The van der Waals surface area contributed by atoms with Gasteiger partial charge in [0.15, 0.2) is 0 Å². The van der Waals surface area contributed by atoms with Crippen LogP contribution in [-0.2, 0) is 19.1 Å². The number of ether oxygens (including phenoxy) is 3. The Morgan fingerprint density at radius 2 is 2.08 bits per heavy atom. The van der Waals surface area contributed by atoms with Crippen molar-refractivity contribution in [1.29, 1.82) is 0 Å². The first-order valence-electron chi connectivity index (χ1n) is 7.44. The number of allylic oxidation sites excluding steroid dienone is 1. The van der Waals surface area contributed by atoms with Gasteiger partial charge in [0, 0.05) is 11.3 Å². The van der Waals surface area contributed by atoms with Gasteiger partial charge in [-0.3, -0.25) is 0 Å². The number of carbonyl (C=O) groups is 2. The van der Waals surface area contributed by atoms with Crippen molar-refractivity contribution in [3.63, 3.8) is 0 Å². The Morgan fingerprint density at radius 3 is 2.76 bits per heavy atom. The minimum absolute atomic E-state index is 0.0222. The van der Waals surface area contributed by atoms with Crippen molar-refractivity contribution in [2.45, 2.75) is 19.5 Å². The zero-order valence-electron chi connectivity index (χ0n) is 13.5. The van der Waals surface area contributed by atoms with E-state index in [2.05, 4.69) is 10.1 Å². The summed E-state index contributed by atoms with van der Waals surface area (Å²) < 4.78 is 40.0. The van der Waals surface area contributed by atoms with Gasteiger partial charge in [-0.2, -0.15) is 8.78 Å². The van der Waals surface area contributed by atoms with Gasteiger partial charge in [0.05, 0.1) is 29.9 Å². The van der Waals surface area contributed by atoms with Crippen LogP contribution in [-0.4, -0.2) is 32.3 Å². The Morgan fingerprint density at radius 1 is 1.36 bits per heavy atom. The summed E-state index contributed by atoms with van der Waals surface area (Å²) in [7, 11) is 1.21. The highest BCUT2D eigenvalue weighted by Crippen LogP contribution is 2.44. The molecule has 0 aromatic heterocycles. The zero-order valence-corrected chi connectivity index (χ0v) is 13.5. The van der Waals surface area contributed by atoms with Gasteiger partial charge >= 0.3 is 18.6 Å². The molecule has 0 fully saturated rings. The number of methoxy groups -OCH3 is 1. The molecule has 0 aliphatic carbocycles. The molecule has 1 atom stereocenters. The number of rotatable bonds is 4. The molecular formula is C17H15F2NO5. The molecule has 3 rings (SSSR count). The van der Waals surface area contributed by atoms with Gasteiger partial charge in [-0.15, -0.1) is 0 Å². The van der Waals surface area contributed by atoms with E-state index in [4.69, 9.17) is 9.47 Å². The average Bonchev–Trinajstić information content (AvgIpc) is 2.94. The van der Waals surface area contributed by atoms with Gasteiger partial charge in [-0.1, -0.05) is 18.2 Å². The van der Waals surface area contributed by atoms with Crippen LogP contribution in [0.1, 0.15) is 18.4 Å². The molecule has 2 aliphatic heterocycles. The summed E-state index contributed by atoms with van der Waals surface area (Å²) in [6.45, 7) is -1.38. The summed E-state index contributed by atoms with van der Waals surface area (Å²) in [5, 5.41) is 2.96. The monoisotopic (exact) mass is 351 g/mol. The van der Waals surface area contributed by atoms with Crippen molar-refractivity contribution >= 4 is 11.9 Å². The first-order valence-corrected chi connectivity index (χ1v) is 7.44. The lowest BCUT2D eigenvalue weighted by atomic mass is 9.80. The van der Waals surface area contributed by atoms with Crippen LogP contribution in [0.3, 0.4) is 0 Å². The molecule has 1 aromatic rings. The number of cyclic esters (lactones) is 1. The summed E-state index contributed by atoms with van der Waals surface area (Å²) in [4.78, 5) is 24.5. The molecule has 6 nitrogen and oxygen atoms in total. The molecule has 0 saturated carbocycles. The number of halogens is 2. The van der Waals surface area contributed by atoms with Gasteiger partial charge in [0.2, 0.25) is 0 Å². The number of carbonyl (C=O) groups excluding carboxylic acids is 2. The second-order valence-corrected chi connectivity index (χ2v) is 5.47. The highest BCUT2D eigenvalue weighted by Gasteiger charge is 2.42. The van der Waals surface area contributed by atoms with Crippen molar-refractivity contribution in [2.75, 3.05) is 13.7 Å². The fourth-order valence-electron chi connectivity index (χ4n) is 3.08. The topological polar surface area (TPSA) is 73.9 Å². The van der Waals surface area contributed by atoms with E-state index in [-0.39, 0.29) is 29.1 Å². The standard InChI is InChI=1S/C17H15F2NO5/c1-8-12(15(21)23-2)13(14-10(20-8)7-24-16(14)22)9-5-3-4-6-11(9)25-17(18)19/h3-6,13,17,20H,7H2,1-2H3. The summed E-state index contributed by atoms with van der Waals surface area (Å²) in [6.07, 6.45) is 0.